The molecule has 1 N–H and O–H groups in total. The second-order valence-electron chi connectivity index (χ2n) is 3.07. The van der Waals surface area contributed by atoms with Crippen LogP contribution in [0.15, 0.2) is 0 Å². The van der Waals surface area contributed by atoms with Crippen molar-refractivity contribution < 1.29 is 27.8 Å². The first-order valence-electron chi connectivity index (χ1n) is 3.86. The minimum absolute atomic E-state index is 0.261. The third-order valence-corrected chi connectivity index (χ3v) is 2.21. The van der Waals surface area contributed by atoms with Gasteiger partial charge in [-0.1, -0.05) is 0 Å². The van der Waals surface area contributed by atoms with Gasteiger partial charge >= 0.3 is 12.3 Å². The van der Waals surface area contributed by atoms with Crippen LogP contribution in [0.4, 0.5) is 18.0 Å². The van der Waals surface area contributed by atoms with Crippen molar-refractivity contribution in [1.29, 1.82) is 0 Å². The predicted octanol–water partition coefficient (Wildman–Crippen LogP) is 2.56. The van der Waals surface area contributed by atoms with Gasteiger partial charge in [-0.3, -0.25) is 0 Å². The molecule has 0 spiro atoms. The van der Waals surface area contributed by atoms with Gasteiger partial charge in [-0.05, 0) is 25.7 Å². The Balaban J connectivity index is 2.81. The third kappa shape index (κ3) is 1.87. The SMILES string of the molecule is O=C(O)OC1(C(F)(F)F)CCCC1. The van der Waals surface area contributed by atoms with Crippen molar-refractivity contribution in [3.63, 3.8) is 0 Å². The Morgan fingerprint density at radius 1 is 1.31 bits per heavy atom. The molecule has 1 rings (SSSR count). The third-order valence-electron chi connectivity index (χ3n) is 2.21. The lowest BCUT2D eigenvalue weighted by Crippen LogP contribution is -2.46. The Bertz CT molecular complexity index is 206. The molecule has 1 aliphatic rings. The van der Waals surface area contributed by atoms with E-state index in [4.69, 9.17) is 5.11 Å². The number of rotatable bonds is 1. The second-order valence-corrected chi connectivity index (χ2v) is 3.07. The maximum absolute atomic E-state index is 12.4. The zero-order valence-corrected chi connectivity index (χ0v) is 6.73. The van der Waals surface area contributed by atoms with E-state index < -0.39 is 17.9 Å². The summed E-state index contributed by atoms with van der Waals surface area (Å²) in [6.07, 6.45) is -6.27. The zero-order valence-electron chi connectivity index (χ0n) is 6.73. The lowest BCUT2D eigenvalue weighted by atomic mass is 10.0. The Labute approximate surface area is 72.5 Å². The van der Waals surface area contributed by atoms with Crippen LogP contribution in [0, 0.1) is 0 Å². The molecule has 0 saturated heterocycles. The molecular weight excluding hydrogens is 189 g/mol. The van der Waals surface area contributed by atoms with Gasteiger partial charge in [0.15, 0.2) is 0 Å². The fourth-order valence-electron chi connectivity index (χ4n) is 1.56. The van der Waals surface area contributed by atoms with Crippen LogP contribution < -0.4 is 0 Å². The van der Waals surface area contributed by atoms with Crippen LogP contribution in [0.2, 0.25) is 0 Å². The summed E-state index contributed by atoms with van der Waals surface area (Å²) in [4.78, 5) is 10.1. The van der Waals surface area contributed by atoms with E-state index in [9.17, 15) is 18.0 Å². The lowest BCUT2D eigenvalue weighted by Gasteiger charge is -2.29. The highest BCUT2D eigenvalue weighted by Gasteiger charge is 2.59. The summed E-state index contributed by atoms with van der Waals surface area (Å²) in [6, 6.07) is 0. The van der Waals surface area contributed by atoms with E-state index >= 15 is 0 Å². The van der Waals surface area contributed by atoms with Crippen LogP contribution in [0.3, 0.4) is 0 Å². The average Bonchev–Trinajstić information content (AvgIpc) is 2.33. The molecule has 0 aromatic rings. The summed E-state index contributed by atoms with van der Waals surface area (Å²) in [5, 5.41) is 8.18. The summed E-state index contributed by atoms with van der Waals surface area (Å²) < 4.78 is 41.1. The standard InChI is InChI=1S/C7H9F3O3/c8-7(9,10)6(13-5(11)12)3-1-2-4-6/h1-4H2,(H,11,12). The number of ether oxygens (including phenoxy) is 1. The van der Waals surface area contributed by atoms with Crippen LogP contribution in [0.5, 0.6) is 0 Å². The first-order chi connectivity index (χ1) is 5.87. The van der Waals surface area contributed by atoms with E-state index in [1.165, 1.54) is 0 Å². The van der Waals surface area contributed by atoms with Gasteiger partial charge in [-0.2, -0.15) is 13.2 Å². The minimum atomic E-state index is -4.60. The summed E-state index contributed by atoms with van der Waals surface area (Å²) in [5.41, 5.74) is -2.45. The predicted molar refractivity (Wildman–Crippen MR) is 36.4 cm³/mol. The molecular formula is C7H9F3O3. The Kier molecular flexibility index (Phi) is 2.40. The van der Waals surface area contributed by atoms with Crippen LogP contribution >= 0.6 is 0 Å². The Morgan fingerprint density at radius 2 is 1.77 bits per heavy atom. The van der Waals surface area contributed by atoms with Crippen LogP contribution in [0.25, 0.3) is 0 Å². The van der Waals surface area contributed by atoms with Gasteiger partial charge in [0.2, 0.25) is 5.60 Å². The van der Waals surface area contributed by atoms with Gasteiger partial charge in [0.1, 0.15) is 0 Å². The van der Waals surface area contributed by atoms with E-state index in [0.29, 0.717) is 12.8 Å². The summed E-state index contributed by atoms with van der Waals surface area (Å²) in [5.74, 6) is 0. The summed E-state index contributed by atoms with van der Waals surface area (Å²) in [7, 11) is 0. The quantitative estimate of drug-likeness (QED) is 0.658. The van der Waals surface area contributed by atoms with E-state index in [1.54, 1.807) is 0 Å². The molecule has 1 fully saturated rings. The molecule has 1 aliphatic carbocycles. The number of hydrogen-bond acceptors (Lipinski definition) is 2. The van der Waals surface area contributed by atoms with Crippen LogP contribution in [0.1, 0.15) is 25.7 Å². The minimum Gasteiger partial charge on any atom is -0.450 e. The molecule has 0 amide bonds. The van der Waals surface area contributed by atoms with Gasteiger partial charge in [0.05, 0.1) is 0 Å². The van der Waals surface area contributed by atoms with Crippen molar-refractivity contribution in [3.8, 4) is 0 Å². The molecule has 76 valence electrons. The van der Waals surface area contributed by atoms with E-state index in [1.807, 2.05) is 0 Å². The van der Waals surface area contributed by atoms with Crippen molar-refractivity contribution in [2.75, 3.05) is 0 Å². The van der Waals surface area contributed by atoms with E-state index in [0.717, 1.165) is 0 Å². The molecule has 0 aliphatic heterocycles. The number of carboxylic acid groups (broad SMARTS) is 1. The highest BCUT2D eigenvalue weighted by atomic mass is 19.4. The van der Waals surface area contributed by atoms with Crippen LogP contribution in [-0.4, -0.2) is 23.0 Å². The second kappa shape index (κ2) is 3.08. The number of hydrogen-bond donors (Lipinski definition) is 1. The maximum atomic E-state index is 12.4. The van der Waals surface area contributed by atoms with Gasteiger partial charge in [0.25, 0.3) is 0 Å². The molecule has 0 aromatic heterocycles. The molecule has 3 nitrogen and oxygen atoms in total. The molecule has 6 heteroatoms. The van der Waals surface area contributed by atoms with Gasteiger partial charge in [-0.25, -0.2) is 4.79 Å². The van der Waals surface area contributed by atoms with E-state index in [2.05, 4.69) is 4.74 Å². The highest BCUT2D eigenvalue weighted by Crippen LogP contribution is 2.45. The largest absolute Gasteiger partial charge is 0.506 e. The molecule has 0 unspecified atom stereocenters. The number of halogens is 3. The zero-order chi connectivity index (χ0) is 10.1. The van der Waals surface area contributed by atoms with Crippen molar-refractivity contribution in [2.24, 2.45) is 0 Å². The Morgan fingerprint density at radius 3 is 2.08 bits per heavy atom. The highest BCUT2D eigenvalue weighted by molar-refractivity contribution is 5.57. The number of alkyl halides is 3. The summed E-state index contributed by atoms with van der Waals surface area (Å²) in [6.45, 7) is 0. The maximum Gasteiger partial charge on any atom is 0.506 e. The Hall–Kier alpha value is -0.940. The molecule has 1 saturated carbocycles. The van der Waals surface area contributed by atoms with Crippen molar-refractivity contribution in [2.45, 2.75) is 37.5 Å². The fraction of sp³-hybridized carbons (Fsp3) is 0.857. The smallest absolute Gasteiger partial charge is 0.450 e. The molecule has 0 radical (unpaired) electrons. The first-order valence-corrected chi connectivity index (χ1v) is 3.86. The molecule has 0 aromatic carbocycles. The summed E-state index contributed by atoms with van der Waals surface area (Å²) >= 11 is 0. The normalized spacial score (nSPS) is 21.5. The number of carbonyl (C=O) groups is 1. The molecule has 13 heavy (non-hydrogen) atoms. The topological polar surface area (TPSA) is 46.5 Å². The molecule has 0 heterocycles. The van der Waals surface area contributed by atoms with Crippen molar-refractivity contribution in [1.82, 2.24) is 0 Å². The fourth-order valence-corrected chi connectivity index (χ4v) is 1.56. The lowest BCUT2D eigenvalue weighted by molar-refractivity contribution is -0.259. The van der Waals surface area contributed by atoms with Crippen molar-refractivity contribution in [3.05, 3.63) is 0 Å². The van der Waals surface area contributed by atoms with Crippen molar-refractivity contribution >= 4 is 6.16 Å². The van der Waals surface area contributed by atoms with Gasteiger partial charge < -0.3 is 9.84 Å². The monoisotopic (exact) mass is 198 g/mol. The van der Waals surface area contributed by atoms with Gasteiger partial charge in [-0.15, -0.1) is 0 Å². The molecule has 0 bridgehead atoms. The first kappa shape index (κ1) is 10.1. The van der Waals surface area contributed by atoms with E-state index in [-0.39, 0.29) is 12.8 Å². The molecule has 0 atom stereocenters. The average molecular weight is 198 g/mol. The van der Waals surface area contributed by atoms with Crippen LogP contribution in [-0.2, 0) is 4.74 Å². The van der Waals surface area contributed by atoms with Gasteiger partial charge in [0, 0.05) is 0 Å².